The zero-order chi connectivity index (χ0) is 18.8. The molecule has 1 aliphatic carbocycles. The maximum absolute atomic E-state index is 5.67. The highest BCUT2D eigenvalue weighted by atomic mass is 32.1. The number of nitrogens with one attached hydrogen (secondary N) is 2. The van der Waals surface area contributed by atoms with E-state index in [-0.39, 0.29) is 0 Å². The van der Waals surface area contributed by atoms with Crippen molar-refractivity contribution in [3.05, 3.63) is 29.3 Å². The minimum absolute atomic E-state index is 0.519. The Balaban J connectivity index is 1.37. The summed E-state index contributed by atoms with van der Waals surface area (Å²) in [6, 6.07) is 9.28. The van der Waals surface area contributed by atoms with Crippen LogP contribution in [0.1, 0.15) is 75.3 Å². The number of rotatable bonds is 3. The topological polar surface area (TPSA) is 27.3 Å². The van der Waals surface area contributed by atoms with E-state index in [1.165, 1.54) is 75.3 Å². The second kappa shape index (κ2) is 8.48. The van der Waals surface area contributed by atoms with Gasteiger partial charge in [-0.2, -0.15) is 0 Å². The predicted octanol–water partition coefficient (Wildman–Crippen LogP) is 5.31. The Bertz CT molecular complexity index is 654. The maximum Gasteiger partial charge on any atom is 0.171 e. The van der Waals surface area contributed by atoms with Gasteiger partial charge in [-0.25, -0.2) is 0 Å². The first-order valence-corrected chi connectivity index (χ1v) is 11.4. The number of hydrogen-bond acceptors (Lipinski definition) is 2. The third-order valence-electron chi connectivity index (χ3n) is 7.22. The molecule has 1 saturated carbocycles. The zero-order valence-corrected chi connectivity index (χ0v) is 17.8. The van der Waals surface area contributed by atoms with Gasteiger partial charge in [-0.15, -0.1) is 0 Å². The van der Waals surface area contributed by atoms with Gasteiger partial charge in [-0.1, -0.05) is 37.8 Å². The average molecular weight is 386 g/mol. The minimum Gasteiger partial charge on any atom is -0.360 e. The van der Waals surface area contributed by atoms with Crippen LogP contribution in [0.3, 0.4) is 0 Å². The molecule has 4 rings (SSSR count). The first kappa shape index (κ1) is 19.2. The number of fused-ring (bicyclic) bond motifs is 2. The highest BCUT2D eigenvalue weighted by Gasteiger charge is 2.41. The molecule has 2 saturated heterocycles. The molecule has 3 aliphatic rings. The van der Waals surface area contributed by atoms with Gasteiger partial charge in [0.15, 0.2) is 5.11 Å². The van der Waals surface area contributed by atoms with Gasteiger partial charge in [-0.3, -0.25) is 4.90 Å². The van der Waals surface area contributed by atoms with Crippen LogP contribution in [0.25, 0.3) is 0 Å². The van der Waals surface area contributed by atoms with E-state index in [2.05, 4.69) is 47.6 Å². The van der Waals surface area contributed by atoms with Gasteiger partial charge >= 0.3 is 0 Å². The summed E-state index contributed by atoms with van der Waals surface area (Å²) in [6.45, 7) is 4.31. The summed E-state index contributed by atoms with van der Waals surface area (Å²) in [6.07, 6.45) is 13.8. The molecule has 2 unspecified atom stereocenters. The van der Waals surface area contributed by atoms with Crippen molar-refractivity contribution in [3.8, 4) is 0 Å². The summed E-state index contributed by atoms with van der Waals surface area (Å²) in [4.78, 5) is 2.95. The largest absolute Gasteiger partial charge is 0.360 e. The Kier molecular flexibility index (Phi) is 6.03. The molecular formula is C23H35N3S. The number of nitrogens with zero attached hydrogens (tertiary/aromatic N) is 1. The number of benzene rings is 1. The molecule has 27 heavy (non-hydrogen) atoms. The van der Waals surface area contributed by atoms with E-state index in [0.717, 1.165) is 28.9 Å². The Hall–Kier alpha value is -1.13. The minimum atomic E-state index is 0.519. The normalized spacial score (nSPS) is 29.3. The molecule has 3 nitrogen and oxygen atoms in total. The van der Waals surface area contributed by atoms with Crippen LogP contribution in [0, 0.1) is 13.8 Å². The van der Waals surface area contributed by atoms with Crippen LogP contribution in [0.2, 0.25) is 0 Å². The molecule has 0 spiro atoms. The second-order valence-electron chi connectivity index (χ2n) is 8.99. The lowest BCUT2D eigenvalue weighted by atomic mass is 9.78. The molecule has 1 aromatic carbocycles. The number of anilines is 1. The third-order valence-corrected chi connectivity index (χ3v) is 7.44. The van der Waals surface area contributed by atoms with Crippen molar-refractivity contribution >= 4 is 23.0 Å². The Morgan fingerprint density at radius 1 is 0.926 bits per heavy atom. The van der Waals surface area contributed by atoms with Crippen LogP contribution in [-0.2, 0) is 0 Å². The number of hydrogen-bond donors (Lipinski definition) is 2. The van der Waals surface area contributed by atoms with Gasteiger partial charge in [0, 0.05) is 29.9 Å². The van der Waals surface area contributed by atoms with Crippen LogP contribution in [0.15, 0.2) is 18.2 Å². The van der Waals surface area contributed by atoms with Crippen molar-refractivity contribution in [1.29, 1.82) is 0 Å². The van der Waals surface area contributed by atoms with E-state index in [1.54, 1.807) is 0 Å². The van der Waals surface area contributed by atoms with Gasteiger partial charge in [0.1, 0.15) is 0 Å². The van der Waals surface area contributed by atoms with Crippen molar-refractivity contribution in [3.63, 3.8) is 0 Å². The molecule has 2 heterocycles. The van der Waals surface area contributed by atoms with Crippen molar-refractivity contribution < 1.29 is 0 Å². The fourth-order valence-corrected chi connectivity index (χ4v) is 6.02. The number of piperidine rings is 2. The van der Waals surface area contributed by atoms with E-state index < -0.39 is 0 Å². The summed E-state index contributed by atoms with van der Waals surface area (Å²) in [5.74, 6) is 0. The van der Waals surface area contributed by atoms with Crippen LogP contribution >= 0.6 is 12.2 Å². The Morgan fingerprint density at radius 2 is 1.59 bits per heavy atom. The fourth-order valence-electron chi connectivity index (χ4n) is 5.74. The monoisotopic (exact) mass is 385 g/mol. The summed E-state index contributed by atoms with van der Waals surface area (Å²) < 4.78 is 0. The van der Waals surface area contributed by atoms with Gasteiger partial charge in [-0.05, 0) is 81.8 Å². The van der Waals surface area contributed by atoms with Gasteiger partial charge < -0.3 is 10.6 Å². The Morgan fingerprint density at radius 3 is 2.30 bits per heavy atom. The number of aryl methyl sites for hydroxylation is 1. The average Bonchev–Trinajstić information content (AvgIpc) is 2.65. The molecule has 0 aromatic heterocycles. The van der Waals surface area contributed by atoms with Gasteiger partial charge in [0.05, 0.1) is 0 Å². The standard InChI is InChI=1S/C23H35N3S/c1-16-8-6-13-22(17(16)2)25-23(27)24-18-14-20-11-7-12-21(15-18)26(20)19-9-4-3-5-10-19/h6,8,13,18-21H,3-5,7,9-12,14-15H2,1-2H3,(H2,24,25,27). The third kappa shape index (κ3) is 4.32. The van der Waals surface area contributed by atoms with Crippen LogP contribution in [0.4, 0.5) is 5.69 Å². The SMILES string of the molecule is Cc1cccc(NC(=S)NC2CC3CCCC(C2)N3C2CCCCC2)c1C. The van der Waals surface area contributed by atoms with Crippen LogP contribution in [0.5, 0.6) is 0 Å². The summed E-state index contributed by atoms with van der Waals surface area (Å²) in [5, 5.41) is 7.89. The van der Waals surface area contributed by atoms with E-state index in [4.69, 9.17) is 12.2 Å². The molecule has 2 aliphatic heterocycles. The molecule has 0 amide bonds. The van der Waals surface area contributed by atoms with Crippen LogP contribution < -0.4 is 10.6 Å². The maximum atomic E-state index is 5.67. The summed E-state index contributed by atoms with van der Waals surface area (Å²) >= 11 is 5.67. The molecule has 2 bridgehead atoms. The second-order valence-corrected chi connectivity index (χ2v) is 9.40. The summed E-state index contributed by atoms with van der Waals surface area (Å²) in [7, 11) is 0. The van der Waals surface area contributed by atoms with Gasteiger partial charge in [0.2, 0.25) is 0 Å². The van der Waals surface area contributed by atoms with E-state index in [0.29, 0.717) is 6.04 Å². The van der Waals surface area contributed by atoms with Crippen molar-refractivity contribution in [2.24, 2.45) is 0 Å². The molecule has 4 heteroatoms. The summed E-state index contributed by atoms with van der Waals surface area (Å²) in [5.41, 5.74) is 3.72. The number of thiocarbonyl (C=S) groups is 1. The highest BCUT2D eigenvalue weighted by molar-refractivity contribution is 7.80. The molecule has 3 fully saturated rings. The lowest BCUT2D eigenvalue weighted by Gasteiger charge is -2.53. The molecule has 1 aromatic rings. The van der Waals surface area contributed by atoms with E-state index in [1.807, 2.05) is 0 Å². The van der Waals surface area contributed by atoms with Crippen molar-refractivity contribution in [2.45, 2.75) is 102 Å². The van der Waals surface area contributed by atoms with E-state index >= 15 is 0 Å². The molecule has 148 valence electrons. The van der Waals surface area contributed by atoms with E-state index in [9.17, 15) is 0 Å². The first-order chi connectivity index (χ1) is 13.1. The zero-order valence-electron chi connectivity index (χ0n) is 17.0. The van der Waals surface area contributed by atoms with Crippen molar-refractivity contribution in [2.75, 3.05) is 5.32 Å². The first-order valence-electron chi connectivity index (χ1n) is 11.0. The smallest absolute Gasteiger partial charge is 0.171 e. The highest BCUT2D eigenvalue weighted by Crippen LogP contribution is 2.39. The quantitative estimate of drug-likeness (QED) is 0.690. The molecule has 2 atom stereocenters. The van der Waals surface area contributed by atoms with Gasteiger partial charge in [0.25, 0.3) is 0 Å². The molecular weight excluding hydrogens is 350 g/mol. The lowest BCUT2D eigenvalue weighted by Crippen LogP contribution is -2.60. The fraction of sp³-hybridized carbons (Fsp3) is 0.696. The van der Waals surface area contributed by atoms with Crippen molar-refractivity contribution in [1.82, 2.24) is 10.2 Å². The molecule has 2 N–H and O–H groups in total. The van der Waals surface area contributed by atoms with Crippen LogP contribution in [-0.4, -0.2) is 34.2 Å². The Labute approximate surface area is 170 Å². The molecule has 0 radical (unpaired) electrons. The predicted molar refractivity (Wildman–Crippen MR) is 118 cm³/mol. The lowest BCUT2D eigenvalue weighted by molar-refractivity contribution is -0.0195.